The van der Waals surface area contributed by atoms with Crippen LogP contribution in [-0.2, 0) is 44.1 Å². The number of benzene rings is 2. The fraction of sp³-hybridized carbons (Fsp3) is 0.484. The molecular weight excluding hydrogens is 527 g/mol. The van der Waals surface area contributed by atoms with Gasteiger partial charge in [-0.15, -0.1) is 0 Å². The summed E-state index contributed by atoms with van der Waals surface area (Å²) in [6.07, 6.45) is 5.59. The predicted molar refractivity (Wildman–Crippen MR) is 146 cm³/mol. The highest BCUT2D eigenvalue weighted by Gasteiger charge is 2.58. The van der Waals surface area contributed by atoms with Gasteiger partial charge in [0.1, 0.15) is 12.4 Å². The van der Waals surface area contributed by atoms with Gasteiger partial charge in [-0.1, -0.05) is 12.1 Å². The Morgan fingerprint density at radius 2 is 1.80 bits per heavy atom. The van der Waals surface area contributed by atoms with Crippen LogP contribution in [0.5, 0.6) is 0 Å². The monoisotopic (exact) mass is 560 g/mol. The molecule has 5 aliphatic rings. The van der Waals surface area contributed by atoms with E-state index in [0.717, 1.165) is 40.9 Å². The highest BCUT2D eigenvalue weighted by molar-refractivity contribution is 6.06. The van der Waals surface area contributed by atoms with Crippen molar-refractivity contribution in [1.82, 2.24) is 9.80 Å². The molecule has 1 unspecified atom stereocenters. The van der Waals surface area contributed by atoms with Gasteiger partial charge < -0.3 is 20.7 Å². The average Bonchev–Trinajstić information content (AvgIpc) is 3.70. The summed E-state index contributed by atoms with van der Waals surface area (Å²) in [4.78, 5) is 55.9. The van der Waals surface area contributed by atoms with Crippen LogP contribution < -0.4 is 11.1 Å². The lowest BCUT2D eigenvalue weighted by Gasteiger charge is -2.36. The fourth-order valence-electron chi connectivity index (χ4n) is 6.98. The average molecular weight is 561 g/mol. The van der Waals surface area contributed by atoms with E-state index in [1.54, 1.807) is 29.2 Å². The molecule has 4 amide bonds. The Morgan fingerprint density at radius 3 is 2.54 bits per heavy atom. The molecular formula is C31H33FN4O5. The number of imide groups is 1. The van der Waals surface area contributed by atoms with E-state index in [1.807, 2.05) is 0 Å². The molecule has 2 aliphatic heterocycles. The second kappa shape index (κ2) is 9.37. The molecule has 1 spiro atoms. The van der Waals surface area contributed by atoms with Crippen molar-refractivity contribution < 1.29 is 28.3 Å². The molecule has 0 radical (unpaired) electrons. The molecule has 2 aromatic rings. The van der Waals surface area contributed by atoms with Gasteiger partial charge in [-0.2, -0.15) is 0 Å². The molecule has 10 heteroatoms. The van der Waals surface area contributed by atoms with Crippen molar-refractivity contribution in [2.45, 2.75) is 81.5 Å². The number of rotatable bonds is 5. The summed E-state index contributed by atoms with van der Waals surface area (Å²) in [5, 5.41) is 2.88. The van der Waals surface area contributed by atoms with Gasteiger partial charge in [0, 0.05) is 30.3 Å². The minimum atomic E-state index is -1.48. The Bertz CT molecular complexity index is 1480. The topological polar surface area (TPSA) is 122 Å². The van der Waals surface area contributed by atoms with Crippen LogP contribution in [0.4, 0.5) is 14.9 Å². The second-order valence-corrected chi connectivity index (χ2v) is 12.3. The lowest BCUT2D eigenvalue weighted by molar-refractivity contribution is -0.143. The first kappa shape index (κ1) is 26.1. The number of halogens is 1. The molecule has 7 rings (SSSR count). The summed E-state index contributed by atoms with van der Waals surface area (Å²) in [7, 11) is 0. The number of aryl methyl sites for hydroxylation is 2. The largest absolute Gasteiger partial charge is 0.427 e. The summed E-state index contributed by atoms with van der Waals surface area (Å²) < 4.78 is 19.7. The van der Waals surface area contributed by atoms with Crippen molar-refractivity contribution in [2.24, 2.45) is 11.7 Å². The summed E-state index contributed by atoms with van der Waals surface area (Å²) in [6, 6.07) is 9.85. The highest BCUT2D eigenvalue weighted by atomic mass is 19.1. The number of nitrogens with one attached hydrogen (secondary N) is 1. The molecule has 214 valence electrons. The molecule has 3 aliphatic carbocycles. The number of anilines is 1. The van der Waals surface area contributed by atoms with E-state index in [2.05, 4.69) is 5.32 Å². The van der Waals surface area contributed by atoms with Gasteiger partial charge in [-0.3, -0.25) is 14.4 Å². The summed E-state index contributed by atoms with van der Waals surface area (Å²) in [6.45, 7) is -0.0829. The van der Waals surface area contributed by atoms with Gasteiger partial charge in [0.2, 0.25) is 17.4 Å². The molecule has 0 aromatic heterocycles. The fourth-order valence-corrected chi connectivity index (χ4v) is 6.98. The van der Waals surface area contributed by atoms with Gasteiger partial charge >= 0.3 is 6.09 Å². The molecule has 41 heavy (non-hydrogen) atoms. The zero-order valence-electron chi connectivity index (χ0n) is 22.8. The Morgan fingerprint density at radius 1 is 1.00 bits per heavy atom. The van der Waals surface area contributed by atoms with E-state index in [4.69, 9.17) is 10.5 Å². The molecule has 2 heterocycles. The third-order valence-corrected chi connectivity index (χ3v) is 9.71. The van der Waals surface area contributed by atoms with E-state index < -0.39 is 29.7 Å². The number of fused-ring (bicyclic) bond motifs is 3. The molecule has 2 saturated carbocycles. The van der Waals surface area contributed by atoms with Crippen molar-refractivity contribution in [3.05, 3.63) is 64.5 Å². The predicted octanol–water partition coefficient (Wildman–Crippen LogP) is 3.52. The van der Waals surface area contributed by atoms with Crippen molar-refractivity contribution in [2.75, 3.05) is 11.9 Å². The lowest BCUT2D eigenvalue weighted by atomic mass is 9.77. The van der Waals surface area contributed by atoms with Crippen LogP contribution in [0, 0.1) is 11.7 Å². The van der Waals surface area contributed by atoms with E-state index in [0.29, 0.717) is 55.8 Å². The Hall–Kier alpha value is -3.79. The van der Waals surface area contributed by atoms with Crippen LogP contribution in [0.2, 0.25) is 0 Å². The first-order chi connectivity index (χ1) is 19.7. The van der Waals surface area contributed by atoms with Crippen LogP contribution in [0.25, 0.3) is 0 Å². The third-order valence-electron chi connectivity index (χ3n) is 9.71. The molecule has 3 N–H and O–H groups in total. The van der Waals surface area contributed by atoms with Gasteiger partial charge in [-0.05, 0) is 98.2 Å². The van der Waals surface area contributed by atoms with Crippen molar-refractivity contribution in [3.63, 3.8) is 0 Å². The number of nitrogens with zero attached hydrogens (tertiary/aromatic N) is 2. The molecule has 0 bridgehead atoms. The minimum Gasteiger partial charge on any atom is -0.427 e. The number of hydrogen-bond donors (Lipinski definition) is 2. The van der Waals surface area contributed by atoms with Crippen LogP contribution >= 0.6 is 0 Å². The first-order valence-corrected chi connectivity index (χ1v) is 14.5. The van der Waals surface area contributed by atoms with Crippen molar-refractivity contribution in [3.8, 4) is 0 Å². The number of amides is 4. The quantitative estimate of drug-likeness (QED) is 0.577. The maximum atomic E-state index is 13.9. The zero-order chi connectivity index (χ0) is 28.5. The first-order valence-electron chi connectivity index (χ1n) is 14.5. The highest BCUT2D eigenvalue weighted by Crippen LogP contribution is 2.46. The molecule has 2 aromatic carbocycles. The maximum absolute atomic E-state index is 13.9. The standard InChI is InChI=1S/C31H33FN4O5/c32-22-6-4-21-16-35(25(18-2-3-18)9-5-19(21)14-22)26(37)17-36-28(39)31(41-29(36)40)13-10-20-15-23(7-8-24(20)31)34-27(38)30(33)11-1-12-30/h4,6-8,14-15,18,25H,1-3,5,9-13,16-17,33H2,(H,34,38)/t25?,31-/m0/s1. The summed E-state index contributed by atoms with van der Waals surface area (Å²) >= 11 is 0. The summed E-state index contributed by atoms with van der Waals surface area (Å²) in [5.41, 5.74) is 7.59. The number of carbonyl (C=O) groups is 4. The Kier molecular flexibility index (Phi) is 5.97. The smallest absolute Gasteiger partial charge is 0.418 e. The lowest BCUT2D eigenvalue weighted by Crippen LogP contribution is -2.56. The summed E-state index contributed by atoms with van der Waals surface area (Å²) in [5.74, 6) is -1.00. The van der Waals surface area contributed by atoms with Crippen molar-refractivity contribution in [1.29, 1.82) is 0 Å². The Balaban J connectivity index is 1.09. The van der Waals surface area contributed by atoms with Crippen LogP contribution in [-0.4, -0.2) is 51.7 Å². The number of ether oxygens (including phenoxy) is 1. The molecule has 1 saturated heterocycles. The molecule has 9 nitrogen and oxygen atoms in total. The normalized spacial score (nSPS) is 26.2. The maximum Gasteiger partial charge on any atom is 0.418 e. The van der Waals surface area contributed by atoms with Crippen LogP contribution in [0.1, 0.15) is 67.2 Å². The third kappa shape index (κ3) is 4.31. The minimum absolute atomic E-state index is 0.0194. The number of carbonyl (C=O) groups excluding carboxylic acids is 4. The zero-order valence-corrected chi connectivity index (χ0v) is 22.8. The van der Waals surface area contributed by atoms with E-state index in [1.165, 1.54) is 12.1 Å². The molecule has 2 atom stereocenters. The van der Waals surface area contributed by atoms with Gasteiger partial charge in [0.05, 0.1) is 5.54 Å². The number of nitrogens with two attached hydrogens (primary N) is 1. The van der Waals surface area contributed by atoms with Gasteiger partial charge in [-0.25, -0.2) is 14.1 Å². The van der Waals surface area contributed by atoms with E-state index in [-0.39, 0.29) is 30.1 Å². The van der Waals surface area contributed by atoms with Gasteiger partial charge in [0.15, 0.2) is 0 Å². The van der Waals surface area contributed by atoms with Crippen LogP contribution in [0.3, 0.4) is 0 Å². The number of hydrogen-bond acceptors (Lipinski definition) is 6. The van der Waals surface area contributed by atoms with E-state index in [9.17, 15) is 23.6 Å². The van der Waals surface area contributed by atoms with E-state index >= 15 is 0 Å². The van der Waals surface area contributed by atoms with Crippen LogP contribution in [0.15, 0.2) is 36.4 Å². The second-order valence-electron chi connectivity index (χ2n) is 12.3. The molecule has 3 fully saturated rings. The Labute approximate surface area is 237 Å². The SMILES string of the molecule is NC1(C(=O)Nc2ccc3c(c2)CC[C@]32OC(=O)N(CC(=O)N3Cc4ccc(F)cc4CCC3C3CC3)C2=O)CCC1. The van der Waals surface area contributed by atoms with Gasteiger partial charge in [0.25, 0.3) is 5.91 Å². The van der Waals surface area contributed by atoms with Crippen molar-refractivity contribution >= 4 is 29.5 Å².